The Kier molecular flexibility index (Phi) is 3.19. The zero-order chi connectivity index (χ0) is 10.7. The van der Waals surface area contributed by atoms with Crippen LogP contribution in [-0.4, -0.2) is 17.2 Å². The molecule has 6 heteroatoms. The molecule has 0 aliphatic carbocycles. The fourth-order valence-electron chi connectivity index (χ4n) is 1.14. The van der Waals surface area contributed by atoms with Gasteiger partial charge in [-0.2, -0.15) is 0 Å². The summed E-state index contributed by atoms with van der Waals surface area (Å²) < 4.78 is 29.8. The van der Waals surface area contributed by atoms with Gasteiger partial charge in [0.1, 0.15) is 0 Å². The number of pyridine rings is 1. The first-order valence-corrected chi connectivity index (χ1v) is 3.82. The zero-order valence-corrected chi connectivity index (χ0v) is 7.50. The van der Waals surface area contributed by atoms with Crippen molar-refractivity contribution < 1.29 is 18.6 Å². The molecule has 0 aliphatic rings. The van der Waals surface area contributed by atoms with Crippen LogP contribution in [0.5, 0.6) is 5.75 Å². The fraction of sp³-hybridized carbons (Fsp3) is 0.375. The Morgan fingerprint density at radius 1 is 1.64 bits per heavy atom. The van der Waals surface area contributed by atoms with Crippen molar-refractivity contribution in [3.05, 3.63) is 17.3 Å². The second-order valence-corrected chi connectivity index (χ2v) is 2.57. The van der Waals surface area contributed by atoms with Crippen LogP contribution in [0.2, 0.25) is 0 Å². The highest BCUT2D eigenvalue weighted by Gasteiger charge is 2.21. The highest BCUT2D eigenvalue weighted by Crippen LogP contribution is 2.35. The average Bonchev–Trinajstić information content (AvgIpc) is 2.17. The van der Waals surface area contributed by atoms with Crippen LogP contribution in [0.25, 0.3) is 0 Å². The molecule has 0 fully saturated rings. The summed E-state index contributed by atoms with van der Waals surface area (Å²) in [6.45, 7) is -0.524. The van der Waals surface area contributed by atoms with Crippen molar-refractivity contribution in [2.45, 2.75) is 13.0 Å². The van der Waals surface area contributed by atoms with E-state index in [-0.39, 0.29) is 17.1 Å². The Morgan fingerprint density at radius 3 is 2.71 bits per heavy atom. The maximum atomic E-state index is 12.6. The Bertz CT molecular complexity index is 331. The minimum atomic E-state index is -2.75. The molecule has 4 nitrogen and oxygen atoms in total. The second-order valence-electron chi connectivity index (χ2n) is 2.57. The van der Waals surface area contributed by atoms with Crippen LogP contribution >= 0.6 is 0 Å². The molecule has 0 radical (unpaired) electrons. The number of aromatic nitrogens is 1. The molecular weight excluding hydrogens is 194 g/mol. The first-order valence-electron chi connectivity index (χ1n) is 3.82. The highest BCUT2D eigenvalue weighted by atomic mass is 19.3. The first-order chi connectivity index (χ1) is 6.61. The maximum Gasteiger partial charge on any atom is 0.267 e. The Hall–Kier alpha value is -1.43. The monoisotopic (exact) mass is 204 g/mol. The van der Waals surface area contributed by atoms with Gasteiger partial charge in [-0.15, -0.1) is 0 Å². The first kappa shape index (κ1) is 10.6. The molecule has 0 aromatic carbocycles. The molecule has 0 atom stereocenters. The molecular formula is C8H10F2N2O2. The normalized spacial score (nSPS) is 10.6. The molecule has 3 N–H and O–H groups in total. The lowest BCUT2D eigenvalue weighted by molar-refractivity contribution is 0.142. The number of hydrogen-bond donors (Lipinski definition) is 2. The largest absolute Gasteiger partial charge is 0.492 e. The number of rotatable bonds is 3. The molecule has 1 aromatic heterocycles. The van der Waals surface area contributed by atoms with E-state index in [1.807, 2.05) is 0 Å². The SMILES string of the molecule is COc1c(N)ncc(CO)c1C(F)F. The van der Waals surface area contributed by atoms with Gasteiger partial charge in [-0.25, -0.2) is 13.8 Å². The van der Waals surface area contributed by atoms with Gasteiger partial charge in [0.25, 0.3) is 6.43 Å². The van der Waals surface area contributed by atoms with Gasteiger partial charge >= 0.3 is 0 Å². The van der Waals surface area contributed by atoms with Crippen LogP contribution < -0.4 is 10.5 Å². The van der Waals surface area contributed by atoms with E-state index >= 15 is 0 Å². The van der Waals surface area contributed by atoms with Crippen molar-refractivity contribution in [3.8, 4) is 5.75 Å². The molecule has 1 rings (SSSR count). The van der Waals surface area contributed by atoms with E-state index in [9.17, 15) is 8.78 Å². The van der Waals surface area contributed by atoms with Gasteiger partial charge in [-0.3, -0.25) is 0 Å². The Labute approximate surface area is 79.3 Å². The van der Waals surface area contributed by atoms with Crippen LogP contribution in [0.4, 0.5) is 14.6 Å². The lowest BCUT2D eigenvalue weighted by atomic mass is 10.1. The second kappa shape index (κ2) is 4.19. The molecule has 0 saturated heterocycles. The summed E-state index contributed by atoms with van der Waals surface area (Å²) in [6, 6.07) is 0. The fourth-order valence-corrected chi connectivity index (χ4v) is 1.14. The Morgan fingerprint density at radius 2 is 2.29 bits per heavy atom. The van der Waals surface area contributed by atoms with Crippen molar-refractivity contribution in [3.63, 3.8) is 0 Å². The molecule has 0 saturated carbocycles. The van der Waals surface area contributed by atoms with Crippen molar-refractivity contribution in [2.24, 2.45) is 0 Å². The number of nitrogen functional groups attached to an aromatic ring is 1. The summed E-state index contributed by atoms with van der Waals surface area (Å²) in [4.78, 5) is 3.62. The zero-order valence-electron chi connectivity index (χ0n) is 7.50. The number of nitrogens with two attached hydrogens (primary N) is 1. The van der Waals surface area contributed by atoms with Crippen LogP contribution in [0.3, 0.4) is 0 Å². The number of hydrogen-bond acceptors (Lipinski definition) is 4. The van der Waals surface area contributed by atoms with Crippen molar-refractivity contribution in [1.29, 1.82) is 0 Å². The van der Waals surface area contributed by atoms with E-state index in [0.29, 0.717) is 0 Å². The smallest absolute Gasteiger partial charge is 0.267 e. The van der Waals surface area contributed by atoms with Crippen molar-refractivity contribution in [1.82, 2.24) is 4.98 Å². The summed E-state index contributed by atoms with van der Waals surface area (Å²) in [5, 5.41) is 8.81. The number of aliphatic hydroxyl groups is 1. The minimum absolute atomic E-state index is 0.0195. The predicted octanol–water partition coefficient (Wildman–Crippen LogP) is 1.10. The van der Waals surface area contributed by atoms with Gasteiger partial charge in [0.15, 0.2) is 11.6 Å². The van der Waals surface area contributed by atoms with Crippen LogP contribution in [0, 0.1) is 0 Å². The topological polar surface area (TPSA) is 68.4 Å². The van der Waals surface area contributed by atoms with E-state index in [2.05, 4.69) is 4.98 Å². The third-order valence-corrected chi connectivity index (χ3v) is 1.78. The lowest BCUT2D eigenvalue weighted by Gasteiger charge is -2.12. The third-order valence-electron chi connectivity index (χ3n) is 1.78. The van der Waals surface area contributed by atoms with E-state index in [4.69, 9.17) is 15.6 Å². The van der Waals surface area contributed by atoms with Crippen LogP contribution in [-0.2, 0) is 6.61 Å². The molecule has 0 bridgehead atoms. The van der Waals surface area contributed by atoms with E-state index < -0.39 is 18.6 Å². The summed E-state index contributed by atoms with van der Waals surface area (Å²) in [5.41, 5.74) is 4.96. The molecule has 14 heavy (non-hydrogen) atoms. The quantitative estimate of drug-likeness (QED) is 0.773. The molecule has 0 unspecified atom stereocenters. The van der Waals surface area contributed by atoms with Gasteiger partial charge < -0.3 is 15.6 Å². The van der Waals surface area contributed by atoms with Gasteiger partial charge in [-0.1, -0.05) is 0 Å². The highest BCUT2D eigenvalue weighted by molar-refractivity contribution is 5.54. The van der Waals surface area contributed by atoms with Crippen molar-refractivity contribution in [2.75, 3.05) is 12.8 Å². The predicted molar refractivity (Wildman–Crippen MR) is 46.1 cm³/mol. The summed E-state index contributed by atoms with van der Waals surface area (Å²) in [5.74, 6) is -0.286. The average molecular weight is 204 g/mol. The minimum Gasteiger partial charge on any atom is -0.492 e. The van der Waals surface area contributed by atoms with E-state index in [1.54, 1.807) is 0 Å². The third kappa shape index (κ3) is 1.74. The van der Waals surface area contributed by atoms with Crippen LogP contribution in [0.1, 0.15) is 17.6 Å². The number of aliphatic hydroxyl groups excluding tert-OH is 1. The summed E-state index contributed by atoms with van der Waals surface area (Å²) in [7, 11) is 1.22. The van der Waals surface area contributed by atoms with E-state index in [1.165, 1.54) is 7.11 Å². The van der Waals surface area contributed by atoms with Gasteiger partial charge in [0.2, 0.25) is 0 Å². The lowest BCUT2D eigenvalue weighted by Crippen LogP contribution is -2.04. The number of methoxy groups -OCH3 is 1. The summed E-state index contributed by atoms with van der Waals surface area (Å²) in [6.07, 6.45) is -1.64. The van der Waals surface area contributed by atoms with Gasteiger partial charge in [0, 0.05) is 11.8 Å². The molecule has 0 aliphatic heterocycles. The number of ether oxygens (including phenoxy) is 1. The number of alkyl halides is 2. The molecule has 0 amide bonds. The molecule has 1 aromatic rings. The molecule has 78 valence electrons. The summed E-state index contributed by atoms with van der Waals surface area (Å²) >= 11 is 0. The van der Waals surface area contributed by atoms with E-state index in [0.717, 1.165) is 6.20 Å². The number of anilines is 1. The van der Waals surface area contributed by atoms with Gasteiger partial charge in [0.05, 0.1) is 19.3 Å². The number of halogens is 2. The van der Waals surface area contributed by atoms with Crippen molar-refractivity contribution >= 4 is 5.82 Å². The Balaban J connectivity index is 3.36. The molecule has 1 heterocycles. The van der Waals surface area contributed by atoms with Crippen LogP contribution in [0.15, 0.2) is 6.20 Å². The molecule has 0 spiro atoms. The standard InChI is InChI=1S/C8H10F2N2O2/c1-14-6-5(7(9)10)4(3-13)2-12-8(6)11/h2,7,13H,3H2,1H3,(H2,11,12). The maximum absolute atomic E-state index is 12.6. The van der Waals surface area contributed by atoms with Gasteiger partial charge in [-0.05, 0) is 0 Å². The number of nitrogens with zero attached hydrogens (tertiary/aromatic N) is 1.